The third kappa shape index (κ3) is 5.46. The van der Waals surface area contributed by atoms with Gasteiger partial charge in [0, 0.05) is 6.20 Å². The van der Waals surface area contributed by atoms with Crippen molar-refractivity contribution in [2.75, 3.05) is 23.6 Å². The molecule has 0 bridgehead atoms. The number of rotatable bonds is 8. The second-order valence-corrected chi connectivity index (χ2v) is 6.00. The standard InChI is InChI=1S/C12H21N3O2S/c1-3-7-13-8-5-10-18(16,17)15-12-6-4-9-14-11(12)2/h4,6,9,13,15H,3,5,7-8,10H2,1-2H3. The van der Waals surface area contributed by atoms with Gasteiger partial charge in [0.25, 0.3) is 0 Å². The monoisotopic (exact) mass is 271 g/mol. The minimum Gasteiger partial charge on any atom is -0.317 e. The molecule has 102 valence electrons. The van der Waals surface area contributed by atoms with Crippen molar-refractivity contribution in [2.24, 2.45) is 0 Å². The molecule has 0 saturated heterocycles. The van der Waals surface area contributed by atoms with E-state index in [9.17, 15) is 8.42 Å². The Morgan fingerprint density at radius 1 is 1.33 bits per heavy atom. The molecule has 5 nitrogen and oxygen atoms in total. The maximum absolute atomic E-state index is 11.8. The quantitative estimate of drug-likeness (QED) is 0.703. The highest BCUT2D eigenvalue weighted by Crippen LogP contribution is 2.12. The van der Waals surface area contributed by atoms with Crippen LogP contribution >= 0.6 is 0 Å². The van der Waals surface area contributed by atoms with Crippen LogP contribution in [0, 0.1) is 6.92 Å². The SMILES string of the molecule is CCCNCCCS(=O)(=O)Nc1cccnc1C. The predicted octanol–water partition coefficient (Wildman–Crippen LogP) is 1.52. The van der Waals surface area contributed by atoms with Crippen molar-refractivity contribution >= 4 is 15.7 Å². The Hall–Kier alpha value is -1.14. The third-order valence-electron chi connectivity index (χ3n) is 2.47. The molecule has 1 aromatic heterocycles. The lowest BCUT2D eigenvalue weighted by Gasteiger charge is -2.09. The molecule has 1 rings (SSSR count). The van der Waals surface area contributed by atoms with Crippen LogP contribution in [0.25, 0.3) is 0 Å². The molecule has 6 heteroatoms. The van der Waals surface area contributed by atoms with Crippen molar-refractivity contribution in [3.05, 3.63) is 24.0 Å². The van der Waals surface area contributed by atoms with Crippen LogP contribution in [-0.4, -0.2) is 32.2 Å². The molecular weight excluding hydrogens is 250 g/mol. The highest BCUT2D eigenvalue weighted by Gasteiger charge is 2.11. The maximum Gasteiger partial charge on any atom is 0.232 e. The summed E-state index contributed by atoms with van der Waals surface area (Å²) >= 11 is 0. The molecule has 0 amide bonds. The molecule has 2 N–H and O–H groups in total. The van der Waals surface area contributed by atoms with Gasteiger partial charge in [0.1, 0.15) is 0 Å². The first-order chi connectivity index (χ1) is 8.55. The van der Waals surface area contributed by atoms with Crippen LogP contribution in [0.3, 0.4) is 0 Å². The van der Waals surface area contributed by atoms with E-state index in [4.69, 9.17) is 0 Å². The lowest BCUT2D eigenvalue weighted by molar-refractivity contribution is 0.593. The molecule has 0 saturated carbocycles. The highest BCUT2D eigenvalue weighted by atomic mass is 32.2. The zero-order chi connectivity index (χ0) is 13.4. The van der Waals surface area contributed by atoms with Crippen molar-refractivity contribution in [1.82, 2.24) is 10.3 Å². The van der Waals surface area contributed by atoms with Gasteiger partial charge >= 0.3 is 0 Å². The van der Waals surface area contributed by atoms with Gasteiger partial charge in [-0.3, -0.25) is 9.71 Å². The normalized spacial score (nSPS) is 11.4. The molecular formula is C12H21N3O2S. The van der Waals surface area contributed by atoms with E-state index in [1.807, 2.05) is 0 Å². The number of nitrogens with zero attached hydrogens (tertiary/aromatic N) is 1. The molecule has 1 heterocycles. The highest BCUT2D eigenvalue weighted by molar-refractivity contribution is 7.92. The Morgan fingerprint density at radius 2 is 2.11 bits per heavy atom. The first kappa shape index (κ1) is 14.9. The van der Waals surface area contributed by atoms with Gasteiger partial charge in [-0.2, -0.15) is 0 Å². The van der Waals surface area contributed by atoms with E-state index in [-0.39, 0.29) is 5.75 Å². The Labute approximate surface area is 109 Å². The van der Waals surface area contributed by atoms with E-state index in [0.29, 0.717) is 17.8 Å². The number of pyridine rings is 1. The molecule has 0 fully saturated rings. The van der Waals surface area contributed by atoms with E-state index in [2.05, 4.69) is 21.9 Å². The molecule has 0 atom stereocenters. The summed E-state index contributed by atoms with van der Waals surface area (Å²) in [6.45, 7) is 5.51. The molecule has 18 heavy (non-hydrogen) atoms. The third-order valence-corrected chi connectivity index (χ3v) is 3.82. The minimum atomic E-state index is -3.27. The predicted molar refractivity (Wildman–Crippen MR) is 74.2 cm³/mol. The summed E-state index contributed by atoms with van der Waals surface area (Å²) in [6.07, 6.45) is 3.30. The second-order valence-electron chi connectivity index (χ2n) is 4.16. The number of aromatic nitrogens is 1. The number of hydrogen-bond donors (Lipinski definition) is 2. The van der Waals surface area contributed by atoms with E-state index in [0.717, 1.165) is 19.5 Å². The molecule has 0 unspecified atom stereocenters. The largest absolute Gasteiger partial charge is 0.317 e. The first-order valence-corrected chi connectivity index (χ1v) is 7.83. The van der Waals surface area contributed by atoms with Crippen LogP contribution in [0.2, 0.25) is 0 Å². The first-order valence-electron chi connectivity index (χ1n) is 6.18. The molecule has 0 aliphatic carbocycles. The van der Waals surface area contributed by atoms with E-state index >= 15 is 0 Å². The van der Waals surface area contributed by atoms with Crippen molar-refractivity contribution in [1.29, 1.82) is 0 Å². The van der Waals surface area contributed by atoms with Crippen LogP contribution in [-0.2, 0) is 10.0 Å². The molecule has 1 aromatic rings. The van der Waals surface area contributed by atoms with Crippen LogP contribution in [0.15, 0.2) is 18.3 Å². The van der Waals surface area contributed by atoms with Gasteiger partial charge in [-0.05, 0) is 45.0 Å². The molecule has 0 spiro atoms. The molecule has 0 radical (unpaired) electrons. The number of anilines is 1. The smallest absolute Gasteiger partial charge is 0.232 e. The zero-order valence-electron chi connectivity index (χ0n) is 10.9. The minimum absolute atomic E-state index is 0.123. The lowest BCUT2D eigenvalue weighted by Crippen LogP contribution is -2.22. The van der Waals surface area contributed by atoms with Crippen molar-refractivity contribution < 1.29 is 8.42 Å². The zero-order valence-corrected chi connectivity index (χ0v) is 11.8. The van der Waals surface area contributed by atoms with Gasteiger partial charge < -0.3 is 5.32 Å². The summed E-state index contributed by atoms with van der Waals surface area (Å²) in [5.74, 6) is 0.123. The van der Waals surface area contributed by atoms with Gasteiger partial charge in [0.05, 0.1) is 17.1 Å². The summed E-state index contributed by atoms with van der Waals surface area (Å²) in [6, 6.07) is 3.43. The molecule has 0 aliphatic heterocycles. The summed E-state index contributed by atoms with van der Waals surface area (Å²) in [4.78, 5) is 4.04. The average molecular weight is 271 g/mol. The van der Waals surface area contributed by atoms with Crippen LogP contribution in [0.1, 0.15) is 25.5 Å². The topological polar surface area (TPSA) is 71.1 Å². The Kier molecular flexibility index (Phi) is 6.07. The van der Waals surface area contributed by atoms with E-state index in [1.165, 1.54) is 0 Å². The Bertz CT molecular complexity index is 460. The van der Waals surface area contributed by atoms with Crippen LogP contribution in [0.4, 0.5) is 5.69 Å². The van der Waals surface area contributed by atoms with Gasteiger partial charge in [-0.15, -0.1) is 0 Å². The molecule has 0 aliphatic rings. The summed E-state index contributed by atoms with van der Waals surface area (Å²) in [5, 5.41) is 3.18. The number of sulfonamides is 1. The molecule has 0 aromatic carbocycles. The van der Waals surface area contributed by atoms with E-state index < -0.39 is 10.0 Å². The fraction of sp³-hybridized carbons (Fsp3) is 0.583. The van der Waals surface area contributed by atoms with Gasteiger partial charge in [-0.1, -0.05) is 6.92 Å². The van der Waals surface area contributed by atoms with Gasteiger partial charge in [0.15, 0.2) is 0 Å². The lowest BCUT2D eigenvalue weighted by atomic mass is 10.3. The van der Waals surface area contributed by atoms with Crippen molar-refractivity contribution in [2.45, 2.75) is 26.7 Å². The van der Waals surface area contributed by atoms with Crippen molar-refractivity contribution in [3.63, 3.8) is 0 Å². The van der Waals surface area contributed by atoms with E-state index in [1.54, 1.807) is 25.3 Å². The van der Waals surface area contributed by atoms with Crippen molar-refractivity contribution in [3.8, 4) is 0 Å². The summed E-state index contributed by atoms with van der Waals surface area (Å²) in [7, 11) is -3.27. The second kappa shape index (κ2) is 7.33. The fourth-order valence-corrected chi connectivity index (χ4v) is 2.68. The number of nitrogens with one attached hydrogen (secondary N) is 2. The fourth-order valence-electron chi connectivity index (χ4n) is 1.50. The van der Waals surface area contributed by atoms with Crippen LogP contribution < -0.4 is 10.0 Å². The summed E-state index contributed by atoms with van der Waals surface area (Å²) in [5.41, 5.74) is 1.24. The summed E-state index contributed by atoms with van der Waals surface area (Å²) < 4.78 is 26.2. The number of aryl methyl sites for hydroxylation is 1. The van der Waals surface area contributed by atoms with Gasteiger partial charge in [0.2, 0.25) is 10.0 Å². The Morgan fingerprint density at radius 3 is 2.78 bits per heavy atom. The maximum atomic E-state index is 11.8. The average Bonchev–Trinajstić information content (AvgIpc) is 2.31. The number of hydrogen-bond acceptors (Lipinski definition) is 4. The Balaban J connectivity index is 2.43. The van der Waals surface area contributed by atoms with Crippen LogP contribution in [0.5, 0.6) is 0 Å². The van der Waals surface area contributed by atoms with Gasteiger partial charge in [-0.25, -0.2) is 8.42 Å².